The Balaban J connectivity index is 1.42. The van der Waals surface area contributed by atoms with E-state index in [9.17, 15) is 17.6 Å². The zero-order valence-electron chi connectivity index (χ0n) is 16.6. The number of nitrogens with zero attached hydrogens (tertiary/aromatic N) is 2. The standard InChI is InChI=1S/C20H23FN4O4S/c1-11-9-25-19(29-10-11)16(8-22-25)30(27,28)24-20(26)23-18-14-6-2-4-12(14)17(21)13-5-3-7-15(13)18/h8,11H,2-7,9-10H2,1H3,(H2,23,24,26)/t11-/m1/s1. The number of carbonyl (C=O) groups excluding carboxylic acids is 1. The second-order valence-electron chi connectivity index (χ2n) is 8.28. The number of sulfonamides is 1. The molecule has 30 heavy (non-hydrogen) atoms. The van der Waals surface area contributed by atoms with Crippen LogP contribution in [0.1, 0.15) is 42.0 Å². The lowest BCUT2D eigenvalue weighted by atomic mass is 9.98. The van der Waals surface area contributed by atoms with Crippen LogP contribution in [0.25, 0.3) is 0 Å². The first-order valence-electron chi connectivity index (χ1n) is 10.2. The molecule has 1 aromatic carbocycles. The largest absolute Gasteiger partial charge is 0.477 e. The Hall–Kier alpha value is -2.62. The van der Waals surface area contributed by atoms with Crippen LogP contribution in [0.5, 0.6) is 5.88 Å². The fourth-order valence-electron chi connectivity index (χ4n) is 4.74. The van der Waals surface area contributed by atoms with Crippen molar-refractivity contribution in [3.8, 4) is 5.88 Å². The Labute approximate surface area is 173 Å². The summed E-state index contributed by atoms with van der Waals surface area (Å²) in [4.78, 5) is 12.5. The Morgan fingerprint density at radius 1 is 1.17 bits per heavy atom. The summed E-state index contributed by atoms with van der Waals surface area (Å²) < 4.78 is 49.5. The van der Waals surface area contributed by atoms with Gasteiger partial charge in [0, 0.05) is 11.6 Å². The Morgan fingerprint density at radius 2 is 1.80 bits per heavy atom. The van der Waals surface area contributed by atoms with Gasteiger partial charge in [-0.3, -0.25) is 0 Å². The highest BCUT2D eigenvalue weighted by Gasteiger charge is 2.32. The van der Waals surface area contributed by atoms with Crippen LogP contribution in [0, 0.1) is 11.7 Å². The van der Waals surface area contributed by atoms with E-state index < -0.39 is 16.1 Å². The van der Waals surface area contributed by atoms with Crippen molar-refractivity contribution >= 4 is 21.7 Å². The van der Waals surface area contributed by atoms with E-state index >= 15 is 0 Å². The van der Waals surface area contributed by atoms with E-state index in [1.807, 2.05) is 6.92 Å². The first-order valence-corrected chi connectivity index (χ1v) is 11.7. The molecule has 0 radical (unpaired) electrons. The predicted octanol–water partition coefficient (Wildman–Crippen LogP) is 2.54. The molecule has 5 rings (SSSR count). The molecule has 2 heterocycles. The number of benzene rings is 1. The summed E-state index contributed by atoms with van der Waals surface area (Å²) in [6.45, 7) is 2.91. The molecule has 160 valence electrons. The van der Waals surface area contributed by atoms with E-state index in [0.29, 0.717) is 55.6 Å². The van der Waals surface area contributed by atoms with Crippen molar-refractivity contribution < 1.29 is 22.3 Å². The molecular formula is C20H23FN4O4S. The van der Waals surface area contributed by atoms with Crippen molar-refractivity contribution in [3.05, 3.63) is 34.3 Å². The van der Waals surface area contributed by atoms with Gasteiger partial charge < -0.3 is 10.1 Å². The lowest BCUT2D eigenvalue weighted by Gasteiger charge is -2.21. The van der Waals surface area contributed by atoms with Gasteiger partial charge in [-0.2, -0.15) is 5.10 Å². The lowest BCUT2D eigenvalue weighted by molar-refractivity contribution is 0.170. The molecular weight excluding hydrogens is 411 g/mol. The summed E-state index contributed by atoms with van der Waals surface area (Å²) in [5.41, 5.74) is 3.47. The summed E-state index contributed by atoms with van der Waals surface area (Å²) in [7, 11) is -4.18. The highest BCUT2D eigenvalue weighted by Crippen LogP contribution is 2.41. The van der Waals surface area contributed by atoms with Gasteiger partial charge in [0.25, 0.3) is 10.0 Å². The first-order chi connectivity index (χ1) is 14.3. The van der Waals surface area contributed by atoms with Gasteiger partial charge in [-0.25, -0.2) is 27.0 Å². The Morgan fingerprint density at radius 3 is 2.47 bits per heavy atom. The average molecular weight is 434 g/mol. The number of carbonyl (C=O) groups is 1. The minimum absolute atomic E-state index is 0.136. The molecule has 2 aromatic rings. The molecule has 0 fully saturated rings. The van der Waals surface area contributed by atoms with Gasteiger partial charge in [0.05, 0.1) is 19.3 Å². The monoisotopic (exact) mass is 434 g/mol. The van der Waals surface area contributed by atoms with Crippen LogP contribution in [-0.4, -0.2) is 30.8 Å². The van der Waals surface area contributed by atoms with Crippen molar-refractivity contribution in [2.24, 2.45) is 5.92 Å². The van der Waals surface area contributed by atoms with Crippen molar-refractivity contribution in [1.82, 2.24) is 14.5 Å². The van der Waals surface area contributed by atoms with E-state index in [1.165, 1.54) is 10.9 Å². The highest BCUT2D eigenvalue weighted by atomic mass is 32.2. The predicted molar refractivity (Wildman–Crippen MR) is 107 cm³/mol. The van der Waals surface area contributed by atoms with Gasteiger partial charge in [-0.05, 0) is 60.8 Å². The number of nitrogens with one attached hydrogen (secondary N) is 2. The maximum absolute atomic E-state index is 14.8. The number of ether oxygens (including phenoxy) is 1. The summed E-state index contributed by atoms with van der Waals surface area (Å²) in [5, 5.41) is 6.78. The van der Waals surface area contributed by atoms with Crippen LogP contribution in [0.3, 0.4) is 0 Å². The summed E-state index contributed by atoms with van der Waals surface area (Å²) in [5.74, 6) is 0.204. The topological polar surface area (TPSA) is 102 Å². The van der Waals surface area contributed by atoms with Crippen LogP contribution < -0.4 is 14.8 Å². The van der Waals surface area contributed by atoms with E-state index in [0.717, 1.165) is 24.0 Å². The molecule has 0 saturated carbocycles. The molecule has 10 heteroatoms. The number of rotatable bonds is 3. The third-order valence-corrected chi connectivity index (χ3v) is 7.39. The third kappa shape index (κ3) is 3.05. The zero-order valence-corrected chi connectivity index (χ0v) is 17.4. The van der Waals surface area contributed by atoms with Crippen LogP contribution in [0.4, 0.5) is 14.9 Å². The van der Waals surface area contributed by atoms with Gasteiger partial charge >= 0.3 is 6.03 Å². The number of urea groups is 1. The zero-order chi connectivity index (χ0) is 21.0. The smallest absolute Gasteiger partial charge is 0.333 e. The second kappa shape index (κ2) is 6.97. The first kappa shape index (κ1) is 19.3. The van der Waals surface area contributed by atoms with Crippen molar-refractivity contribution in [2.45, 2.75) is 56.9 Å². The number of halogens is 1. The van der Waals surface area contributed by atoms with Gasteiger partial charge in [0.15, 0.2) is 4.90 Å². The minimum atomic E-state index is -4.18. The number of hydrogen-bond acceptors (Lipinski definition) is 5. The van der Waals surface area contributed by atoms with Gasteiger partial charge in [0.2, 0.25) is 5.88 Å². The molecule has 2 aliphatic carbocycles. The molecule has 1 atom stereocenters. The van der Waals surface area contributed by atoms with Crippen LogP contribution in [-0.2, 0) is 42.3 Å². The summed E-state index contributed by atoms with van der Waals surface area (Å²) in [6, 6.07) is -0.867. The number of fused-ring (bicyclic) bond motifs is 3. The fraction of sp³-hybridized carbons (Fsp3) is 0.500. The highest BCUT2D eigenvalue weighted by molar-refractivity contribution is 7.90. The number of hydrogen-bond donors (Lipinski definition) is 2. The molecule has 3 aliphatic rings. The molecule has 0 spiro atoms. The molecule has 1 aromatic heterocycles. The number of anilines is 1. The van der Waals surface area contributed by atoms with Crippen molar-refractivity contribution in [1.29, 1.82) is 0 Å². The molecule has 0 unspecified atom stereocenters. The van der Waals surface area contributed by atoms with E-state index in [2.05, 4.69) is 15.1 Å². The fourth-order valence-corrected chi connectivity index (χ4v) is 5.73. The van der Waals surface area contributed by atoms with Gasteiger partial charge in [0.1, 0.15) is 5.82 Å². The van der Waals surface area contributed by atoms with E-state index in [1.54, 1.807) is 0 Å². The van der Waals surface area contributed by atoms with E-state index in [-0.39, 0.29) is 22.5 Å². The minimum Gasteiger partial charge on any atom is -0.477 e. The van der Waals surface area contributed by atoms with Gasteiger partial charge in [-0.1, -0.05) is 6.92 Å². The molecule has 2 N–H and O–H groups in total. The van der Waals surface area contributed by atoms with Crippen LogP contribution >= 0.6 is 0 Å². The molecule has 8 nitrogen and oxygen atoms in total. The Bertz CT molecular complexity index is 1120. The quantitative estimate of drug-likeness (QED) is 0.773. The number of aromatic nitrogens is 2. The van der Waals surface area contributed by atoms with E-state index in [4.69, 9.17) is 4.74 Å². The second-order valence-corrected chi connectivity index (χ2v) is 9.93. The maximum Gasteiger partial charge on any atom is 0.333 e. The van der Waals surface area contributed by atoms with Crippen LogP contribution in [0.15, 0.2) is 11.1 Å². The maximum atomic E-state index is 14.8. The average Bonchev–Trinajstić information content (AvgIpc) is 3.42. The third-order valence-electron chi connectivity index (χ3n) is 6.07. The van der Waals surface area contributed by atoms with Crippen molar-refractivity contribution in [3.63, 3.8) is 0 Å². The van der Waals surface area contributed by atoms with Gasteiger partial charge in [-0.15, -0.1) is 0 Å². The van der Waals surface area contributed by atoms with Crippen molar-refractivity contribution in [2.75, 3.05) is 11.9 Å². The number of amides is 2. The van der Waals surface area contributed by atoms with Crippen LogP contribution in [0.2, 0.25) is 0 Å². The molecule has 1 aliphatic heterocycles. The summed E-state index contributed by atoms with van der Waals surface area (Å²) in [6.07, 6.45) is 5.46. The Kier molecular flexibility index (Phi) is 4.49. The molecule has 0 saturated heterocycles. The lowest BCUT2D eigenvalue weighted by Crippen LogP contribution is -2.35. The normalized spacial score (nSPS) is 19.6. The SMILES string of the molecule is C[C@H]1COc2c(S(=O)(=O)NC(=O)Nc3c4c(c(F)c5c3CCC5)CCC4)cnn2C1. The molecule has 0 bridgehead atoms. The summed E-state index contributed by atoms with van der Waals surface area (Å²) >= 11 is 0. The molecule has 2 amide bonds.